The fraction of sp³-hybridized carbons (Fsp3) is 0.357. The van der Waals surface area contributed by atoms with Gasteiger partial charge in [-0.3, -0.25) is 4.90 Å². The first-order chi connectivity index (χ1) is 9.17. The molecule has 0 saturated carbocycles. The Morgan fingerprint density at radius 1 is 1.37 bits per heavy atom. The molecule has 0 aliphatic heterocycles. The van der Waals surface area contributed by atoms with Crippen molar-refractivity contribution < 1.29 is 0 Å². The Hall–Kier alpha value is -0.940. The van der Waals surface area contributed by atoms with Crippen molar-refractivity contribution in [3.63, 3.8) is 0 Å². The molecular formula is C14H18ClN3S. The van der Waals surface area contributed by atoms with E-state index in [2.05, 4.69) is 28.4 Å². The third-order valence-corrected chi connectivity index (χ3v) is 3.92. The van der Waals surface area contributed by atoms with Crippen LogP contribution in [-0.2, 0) is 19.5 Å². The minimum absolute atomic E-state index is 0.658. The van der Waals surface area contributed by atoms with Gasteiger partial charge in [0.2, 0.25) is 0 Å². The lowest BCUT2D eigenvalue weighted by atomic mass is 10.2. The number of benzene rings is 1. The molecule has 0 spiro atoms. The van der Waals surface area contributed by atoms with Crippen molar-refractivity contribution in [3.05, 3.63) is 50.9 Å². The molecule has 0 radical (unpaired) electrons. The summed E-state index contributed by atoms with van der Waals surface area (Å²) in [6, 6.07) is 7.96. The highest BCUT2D eigenvalue weighted by Crippen LogP contribution is 2.15. The molecule has 0 fully saturated rings. The quantitative estimate of drug-likeness (QED) is 0.891. The van der Waals surface area contributed by atoms with Crippen LogP contribution in [0.15, 0.2) is 29.6 Å². The molecule has 102 valence electrons. The summed E-state index contributed by atoms with van der Waals surface area (Å²) in [5.41, 5.74) is 7.86. The molecule has 2 rings (SSSR count). The predicted octanol–water partition coefficient (Wildman–Crippen LogP) is 2.93. The van der Waals surface area contributed by atoms with Crippen LogP contribution < -0.4 is 5.73 Å². The number of halogens is 1. The highest BCUT2D eigenvalue weighted by molar-refractivity contribution is 7.09. The van der Waals surface area contributed by atoms with Crippen LogP contribution in [0, 0.1) is 0 Å². The second kappa shape index (κ2) is 7.01. The normalized spacial score (nSPS) is 11.2. The highest BCUT2D eigenvalue weighted by Gasteiger charge is 2.06. The number of aromatic nitrogens is 1. The molecule has 0 saturated heterocycles. The van der Waals surface area contributed by atoms with Gasteiger partial charge in [0.25, 0.3) is 0 Å². The highest BCUT2D eigenvalue weighted by atomic mass is 35.5. The summed E-state index contributed by atoms with van der Waals surface area (Å²) < 4.78 is 0. The standard InChI is InChI=1S/C14H18ClN3S/c1-18(8-11-3-2-4-12(15)7-11)9-13-10-19-14(17-13)5-6-16/h2-4,7,10H,5-6,8-9,16H2,1H3. The van der Waals surface area contributed by atoms with Gasteiger partial charge in [0, 0.05) is 29.9 Å². The molecule has 2 N–H and O–H groups in total. The summed E-state index contributed by atoms with van der Waals surface area (Å²) in [5.74, 6) is 0. The van der Waals surface area contributed by atoms with Gasteiger partial charge in [-0.2, -0.15) is 0 Å². The van der Waals surface area contributed by atoms with E-state index in [1.807, 2.05) is 18.2 Å². The van der Waals surface area contributed by atoms with E-state index in [0.29, 0.717) is 6.54 Å². The second-order valence-corrected chi connectivity index (χ2v) is 5.95. The van der Waals surface area contributed by atoms with Crippen molar-refractivity contribution in [2.45, 2.75) is 19.5 Å². The third-order valence-electron chi connectivity index (χ3n) is 2.73. The molecule has 0 atom stereocenters. The number of hydrogen-bond acceptors (Lipinski definition) is 4. The summed E-state index contributed by atoms with van der Waals surface area (Å²) >= 11 is 7.67. The summed E-state index contributed by atoms with van der Waals surface area (Å²) in [6.07, 6.45) is 0.864. The van der Waals surface area contributed by atoms with Gasteiger partial charge in [0.05, 0.1) is 10.7 Å². The van der Waals surface area contributed by atoms with Crippen molar-refractivity contribution in [1.82, 2.24) is 9.88 Å². The molecule has 1 aromatic carbocycles. The maximum absolute atomic E-state index is 5.99. The van der Waals surface area contributed by atoms with E-state index in [4.69, 9.17) is 17.3 Å². The molecule has 3 nitrogen and oxygen atoms in total. The molecule has 0 amide bonds. The molecule has 0 aliphatic rings. The molecule has 0 aliphatic carbocycles. The monoisotopic (exact) mass is 295 g/mol. The molecule has 0 bridgehead atoms. The average molecular weight is 296 g/mol. The van der Waals surface area contributed by atoms with Gasteiger partial charge in [0.15, 0.2) is 0 Å². The molecular weight excluding hydrogens is 278 g/mol. The maximum Gasteiger partial charge on any atom is 0.0941 e. The van der Waals surface area contributed by atoms with Gasteiger partial charge in [-0.25, -0.2) is 4.98 Å². The lowest BCUT2D eigenvalue weighted by Gasteiger charge is -2.15. The van der Waals surface area contributed by atoms with Crippen LogP contribution in [-0.4, -0.2) is 23.5 Å². The van der Waals surface area contributed by atoms with E-state index in [0.717, 1.165) is 35.2 Å². The lowest BCUT2D eigenvalue weighted by Crippen LogP contribution is -2.17. The van der Waals surface area contributed by atoms with E-state index in [9.17, 15) is 0 Å². The van der Waals surface area contributed by atoms with E-state index in [1.165, 1.54) is 5.56 Å². The second-order valence-electron chi connectivity index (χ2n) is 4.57. The van der Waals surface area contributed by atoms with Crippen LogP contribution in [0.25, 0.3) is 0 Å². The Morgan fingerprint density at radius 3 is 2.95 bits per heavy atom. The molecule has 1 heterocycles. The summed E-state index contributed by atoms with van der Waals surface area (Å²) in [5, 5.41) is 4.01. The SMILES string of the molecule is CN(Cc1cccc(Cl)c1)Cc1csc(CCN)n1. The maximum atomic E-state index is 5.99. The van der Waals surface area contributed by atoms with Gasteiger partial charge in [0.1, 0.15) is 0 Å². The molecule has 0 unspecified atom stereocenters. The van der Waals surface area contributed by atoms with Crippen molar-refractivity contribution in [3.8, 4) is 0 Å². The van der Waals surface area contributed by atoms with Gasteiger partial charge >= 0.3 is 0 Å². The minimum atomic E-state index is 0.658. The number of hydrogen-bond donors (Lipinski definition) is 1. The van der Waals surface area contributed by atoms with E-state index < -0.39 is 0 Å². The van der Waals surface area contributed by atoms with Crippen LogP contribution in [0.1, 0.15) is 16.3 Å². The van der Waals surface area contributed by atoms with E-state index in [1.54, 1.807) is 11.3 Å². The van der Waals surface area contributed by atoms with Gasteiger partial charge < -0.3 is 5.73 Å². The van der Waals surface area contributed by atoms with Crippen LogP contribution in [0.4, 0.5) is 0 Å². The fourth-order valence-electron chi connectivity index (χ4n) is 1.94. The summed E-state index contributed by atoms with van der Waals surface area (Å²) in [6.45, 7) is 2.36. The number of nitrogens with two attached hydrogens (primary N) is 1. The molecule has 1 aromatic heterocycles. The van der Waals surface area contributed by atoms with Gasteiger partial charge in [-0.05, 0) is 31.3 Å². The number of nitrogens with zero attached hydrogens (tertiary/aromatic N) is 2. The zero-order chi connectivity index (χ0) is 13.7. The zero-order valence-electron chi connectivity index (χ0n) is 11.0. The largest absolute Gasteiger partial charge is 0.330 e. The first kappa shape index (κ1) is 14.5. The Bertz CT molecular complexity index is 527. The first-order valence-electron chi connectivity index (χ1n) is 6.23. The van der Waals surface area contributed by atoms with Gasteiger partial charge in [-0.15, -0.1) is 11.3 Å². The van der Waals surface area contributed by atoms with Crippen LogP contribution in [0.3, 0.4) is 0 Å². The zero-order valence-corrected chi connectivity index (χ0v) is 12.5. The third kappa shape index (κ3) is 4.58. The Kier molecular flexibility index (Phi) is 5.34. The van der Waals surface area contributed by atoms with Crippen LogP contribution in [0.2, 0.25) is 5.02 Å². The molecule has 2 aromatic rings. The Morgan fingerprint density at radius 2 is 2.21 bits per heavy atom. The van der Waals surface area contributed by atoms with E-state index in [-0.39, 0.29) is 0 Å². The smallest absolute Gasteiger partial charge is 0.0941 e. The Balaban J connectivity index is 1.91. The number of thiazole rings is 1. The van der Waals surface area contributed by atoms with Crippen molar-refractivity contribution in [2.75, 3.05) is 13.6 Å². The van der Waals surface area contributed by atoms with Crippen LogP contribution >= 0.6 is 22.9 Å². The number of rotatable bonds is 6. The van der Waals surface area contributed by atoms with Gasteiger partial charge in [-0.1, -0.05) is 23.7 Å². The summed E-state index contributed by atoms with van der Waals surface area (Å²) in [7, 11) is 2.09. The average Bonchev–Trinajstić information content (AvgIpc) is 2.77. The van der Waals surface area contributed by atoms with Crippen LogP contribution in [0.5, 0.6) is 0 Å². The van der Waals surface area contributed by atoms with Crippen molar-refractivity contribution >= 4 is 22.9 Å². The Labute approximate surface area is 123 Å². The lowest BCUT2D eigenvalue weighted by molar-refractivity contribution is 0.315. The topological polar surface area (TPSA) is 42.1 Å². The summed E-state index contributed by atoms with van der Waals surface area (Å²) in [4.78, 5) is 6.80. The van der Waals surface area contributed by atoms with Crippen molar-refractivity contribution in [2.24, 2.45) is 5.73 Å². The molecule has 5 heteroatoms. The fourth-order valence-corrected chi connectivity index (χ4v) is 2.96. The first-order valence-corrected chi connectivity index (χ1v) is 7.49. The minimum Gasteiger partial charge on any atom is -0.330 e. The van der Waals surface area contributed by atoms with E-state index >= 15 is 0 Å². The predicted molar refractivity (Wildman–Crippen MR) is 81.5 cm³/mol. The van der Waals surface area contributed by atoms with Crippen molar-refractivity contribution in [1.29, 1.82) is 0 Å². The molecule has 19 heavy (non-hydrogen) atoms.